The first-order valence-corrected chi connectivity index (χ1v) is 6.99. The van der Waals surface area contributed by atoms with E-state index in [1.807, 2.05) is 13.8 Å². The Bertz CT molecular complexity index is 601. The molecule has 0 saturated carbocycles. The Morgan fingerprint density at radius 2 is 2.21 bits per heavy atom. The number of hydrogen-bond donors (Lipinski definition) is 0. The summed E-state index contributed by atoms with van der Waals surface area (Å²) in [6.45, 7) is 4.77. The summed E-state index contributed by atoms with van der Waals surface area (Å²) in [6.07, 6.45) is 0. The topological polar surface area (TPSA) is 27.1 Å². The summed E-state index contributed by atoms with van der Waals surface area (Å²) in [5.74, 6) is 0.0991. The lowest BCUT2D eigenvalue weighted by Crippen LogP contribution is -2.06. The van der Waals surface area contributed by atoms with Crippen LogP contribution in [0.2, 0.25) is 5.02 Å². The number of ether oxygens (including phenoxy) is 1. The van der Waals surface area contributed by atoms with Crippen LogP contribution in [-0.2, 0) is 13.2 Å². The minimum Gasteiger partial charge on any atom is -0.486 e. The molecule has 3 nitrogen and oxygen atoms in total. The summed E-state index contributed by atoms with van der Waals surface area (Å²) < 4.78 is 21.2. The Morgan fingerprint density at radius 1 is 1.47 bits per heavy atom. The first-order chi connectivity index (χ1) is 9.02. The van der Waals surface area contributed by atoms with Crippen molar-refractivity contribution in [3.63, 3.8) is 0 Å². The highest BCUT2D eigenvalue weighted by molar-refractivity contribution is 9.10. The summed E-state index contributed by atoms with van der Waals surface area (Å²) in [5.41, 5.74) is 1.55. The molecule has 0 radical (unpaired) electrons. The Balaban J connectivity index is 2.21. The maximum absolute atomic E-state index is 13.2. The van der Waals surface area contributed by atoms with Crippen LogP contribution in [0.1, 0.15) is 18.3 Å². The number of aromatic nitrogens is 2. The van der Waals surface area contributed by atoms with Crippen LogP contribution in [0.5, 0.6) is 5.75 Å². The Kier molecular flexibility index (Phi) is 4.47. The highest BCUT2D eigenvalue weighted by atomic mass is 79.9. The largest absolute Gasteiger partial charge is 0.486 e. The van der Waals surface area contributed by atoms with E-state index in [0.717, 1.165) is 11.4 Å². The van der Waals surface area contributed by atoms with Gasteiger partial charge in [0.1, 0.15) is 18.2 Å². The van der Waals surface area contributed by atoms with Crippen molar-refractivity contribution in [1.82, 2.24) is 9.78 Å². The predicted molar refractivity (Wildman–Crippen MR) is 76.1 cm³/mol. The lowest BCUT2D eigenvalue weighted by atomic mass is 10.3. The lowest BCUT2D eigenvalue weighted by molar-refractivity contribution is 0.289. The van der Waals surface area contributed by atoms with E-state index >= 15 is 0 Å². The van der Waals surface area contributed by atoms with Crippen LogP contribution in [0.15, 0.2) is 22.7 Å². The van der Waals surface area contributed by atoms with Gasteiger partial charge in [0.2, 0.25) is 0 Å². The van der Waals surface area contributed by atoms with Crippen molar-refractivity contribution in [3.8, 4) is 5.75 Å². The fourth-order valence-corrected chi connectivity index (χ4v) is 2.29. The number of rotatable bonds is 4. The van der Waals surface area contributed by atoms with Gasteiger partial charge in [0.05, 0.1) is 20.9 Å². The van der Waals surface area contributed by atoms with Crippen LogP contribution >= 0.6 is 27.5 Å². The molecule has 102 valence electrons. The molecule has 1 aromatic heterocycles. The molecular formula is C13H13BrClFN2O. The number of nitrogens with zero attached hydrogens (tertiary/aromatic N) is 2. The first-order valence-electron chi connectivity index (χ1n) is 5.82. The second-order valence-electron chi connectivity index (χ2n) is 4.03. The van der Waals surface area contributed by atoms with Gasteiger partial charge >= 0.3 is 0 Å². The third-order valence-electron chi connectivity index (χ3n) is 2.71. The van der Waals surface area contributed by atoms with Gasteiger partial charge in [0.15, 0.2) is 0 Å². The van der Waals surface area contributed by atoms with Crippen molar-refractivity contribution in [3.05, 3.63) is 44.9 Å². The molecule has 2 rings (SSSR count). The quantitative estimate of drug-likeness (QED) is 0.822. The molecule has 19 heavy (non-hydrogen) atoms. The van der Waals surface area contributed by atoms with Gasteiger partial charge in [-0.15, -0.1) is 0 Å². The molecule has 0 atom stereocenters. The summed E-state index contributed by atoms with van der Waals surface area (Å²) in [4.78, 5) is 0. The molecule has 0 fully saturated rings. The van der Waals surface area contributed by atoms with Crippen molar-refractivity contribution >= 4 is 27.5 Å². The van der Waals surface area contributed by atoms with E-state index in [0.29, 0.717) is 21.8 Å². The van der Waals surface area contributed by atoms with Crippen LogP contribution in [0.3, 0.4) is 0 Å². The van der Waals surface area contributed by atoms with Crippen molar-refractivity contribution in [1.29, 1.82) is 0 Å². The number of hydrogen-bond acceptors (Lipinski definition) is 2. The molecule has 0 saturated heterocycles. The fraction of sp³-hybridized carbons (Fsp3) is 0.308. The number of benzene rings is 1. The van der Waals surface area contributed by atoms with Gasteiger partial charge < -0.3 is 4.74 Å². The molecule has 0 aliphatic carbocycles. The second-order valence-corrected chi connectivity index (χ2v) is 5.26. The van der Waals surface area contributed by atoms with E-state index < -0.39 is 0 Å². The van der Waals surface area contributed by atoms with E-state index in [1.54, 1.807) is 10.7 Å². The van der Waals surface area contributed by atoms with Gasteiger partial charge in [-0.1, -0.05) is 11.6 Å². The monoisotopic (exact) mass is 346 g/mol. The maximum Gasteiger partial charge on any atom is 0.136 e. The van der Waals surface area contributed by atoms with Crippen LogP contribution in [0, 0.1) is 12.7 Å². The molecule has 0 unspecified atom stereocenters. The standard InChI is InChI=1S/C13H13BrClFN2O/c1-3-18-11(13(15)8(2)17-18)7-19-12-6-9(16)4-5-10(12)14/h4-6H,3,7H2,1-2H3. The molecule has 2 aromatic rings. The van der Waals surface area contributed by atoms with Crippen LogP contribution in [-0.4, -0.2) is 9.78 Å². The third-order valence-corrected chi connectivity index (χ3v) is 3.86. The van der Waals surface area contributed by atoms with Gasteiger partial charge in [-0.2, -0.15) is 5.10 Å². The Morgan fingerprint density at radius 3 is 2.89 bits per heavy atom. The number of halogens is 3. The van der Waals surface area contributed by atoms with Crippen molar-refractivity contribution in [2.24, 2.45) is 0 Å². The van der Waals surface area contributed by atoms with Crippen LogP contribution in [0.25, 0.3) is 0 Å². The van der Waals surface area contributed by atoms with E-state index in [4.69, 9.17) is 16.3 Å². The Labute approximate surface area is 124 Å². The van der Waals surface area contributed by atoms with Gasteiger partial charge in [-0.3, -0.25) is 4.68 Å². The van der Waals surface area contributed by atoms with Gasteiger partial charge in [-0.25, -0.2) is 4.39 Å². The van der Waals surface area contributed by atoms with E-state index in [-0.39, 0.29) is 12.4 Å². The molecule has 0 aliphatic rings. The zero-order valence-corrected chi connectivity index (χ0v) is 12.9. The van der Waals surface area contributed by atoms with E-state index in [1.165, 1.54) is 12.1 Å². The van der Waals surface area contributed by atoms with Crippen molar-refractivity contribution in [2.45, 2.75) is 27.0 Å². The molecule has 1 heterocycles. The van der Waals surface area contributed by atoms with E-state index in [9.17, 15) is 4.39 Å². The van der Waals surface area contributed by atoms with Gasteiger partial charge in [-0.05, 0) is 41.9 Å². The van der Waals surface area contributed by atoms with Crippen molar-refractivity contribution in [2.75, 3.05) is 0 Å². The molecule has 0 N–H and O–H groups in total. The average molecular weight is 348 g/mol. The van der Waals surface area contributed by atoms with E-state index in [2.05, 4.69) is 21.0 Å². The second kappa shape index (κ2) is 5.92. The van der Waals surface area contributed by atoms with Crippen molar-refractivity contribution < 1.29 is 9.13 Å². The summed E-state index contributed by atoms with van der Waals surface area (Å²) in [6, 6.07) is 4.30. The maximum atomic E-state index is 13.2. The molecule has 0 spiro atoms. The smallest absolute Gasteiger partial charge is 0.136 e. The minimum atomic E-state index is -0.343. The molecule has 1 aromatic carbocycles. The average Bonchev–Trinajstić information content (AvgIpc) is 2.66. The molecule has 0 aliphatic heterocycles. The highest BCUT2D eigenvalue weighted by Gasteiger charge is 2.13. The predicted octanol–water partition coefficient (Wildman–Crippen LogP) is 4.35. The van der Waals surface area contributed by atoms with Gasteiger partial charge in [0.25, 0.3) is 0 Å². The zero-order chi connectivity index (χ0) is 14.0. The molecule has 6 heteroatoms. The summed E-state index contributed by atoms with van der Waals surface area (Å²) in [5, 5.41) is 4.89. The minimum absolute atomic E-state index is 0.246. The van der Waals surface area contributed by atoms with Gasteiger partial charge in [0, 0.05) is 12.6 Å². The van der Waals surface area contributed by atoms with Crippen LogP contribution in [0.4, 0.5) is 4.39 Å². The summed E-state index contributed by atoms with van der Waals surface area (Å²) >= 11 is 9.50. The summed E-state index contributed by atoms with van der Waals surface area (Å²) in [7, 11) is 0. The SMILES string of the molecule is CCn1nc(C)c(Cl)c1COc1cc(F)ccc1Br. The van der Waals surface area contributed by atoms with Crippen LogP contribution < -0.4 is 4.74 Å². The Hall–Kier alpha value is -1.07. The fourth-order valence-electron chi connectivity index (χ4n) is 1.74. The zero-order valence-electron chi connectivity index (χ0n) is 10.6. The molecule has 0 amide bonds. The third kappa shape index (κ3) is 3.09. The molecular weight excluding hydrogens is 335 g/mol. The first kappa shape index (κ1) is 14.3. The normalized spacial score (nSPS) is 10.8. The molecule has 0 bridgehead atoms. The lowest BCUT2D eigenvalue weighted by Gasteiger charge is -2.10. The highest BCUT2D eigenvalue weighted by Crippen LogP contribution is 2.28. The number of aryl methyl sites for hydroxylation is 2.